The van der Waals surface area contributed by atoms with Crippen LogP contribution in [-0.4, -0.2) is 48.1 Å². The summed E-state index contributed by atoms with van der Waals surface area (Å²) >= 11 is 0. The van der Waals surface area contributed by atoms with E-state index >= 15 is 0 Å². The van der Waals surface area contributed by atoms with Crippen molar-refractivity contribution < 1.29 is 9.53 Å². The van der Waals surface area contributed by atoms with E-state index < -0.39 is 0 Å². The lowest BCUT2D eigenvalue weighted by Crippen LogP contribution is -2.48. The molecule has 0 radical (unpaired) electrons. The van der Waals surface area contributed by atoms with Gasteiger partial charge in [-0.1, -0.05) is 13.8 Å². The standard InChI is InChI=1S/C16H25N3O2/c1-4-6-17-15-10-13(9-12(3)18-15)16(20)19-7-8-21-11-14(19)5-2/h9-10,14H,4-8,11H2,1-3H3,(H,17,18). The third-order valence-electron chi connectivity index (χ3n) is 3.72. The van der Waals surface area contributed by atoms with Crippen LogP contribution < -0.4 is 5.32 Å². The average Bonchev–Trinajstić information content (AvgIpc) is 2.51. The largest absolute Gasteiger partial charge is 0.377 e. The summed E-state index contributed by atoms with van der Waals surface area (Å²) in [6.07, 6.45) is 1.94. The Balaban J connectivity index is 2.19. The number of pyridine rings is 1. The van der Waals surface area contributed by atoms with Crippen molar-refractivity contribution in [2.24, 2.45) is 0 Å². The van der Waals surface area contributed by atoms with Crippen molar-refractivity contribution in [3.63, 3.8) is 0 Å². The molecule has 1 fully saturated rings. The predicted octanol–water partition coefficient (Wildman–Crippen LogP) is 2.46. The fourth-order valence-electron chi connectivity index (χ4n) is 2.56. The van der Waals surface area contributed by atoms with E-state index in [4.69, 9.17) is 4.74 Å². The monoisotopic (exact) mass is 291 g/mol. The van der Waals surface area contributed by atoms with E-state index in [1.165, 1.54) is 0 Å². The lowest BCUT2D eigenvalue weighted by molar-refractivity contribution is -0.00280. The van der Waals surface area contributed by atoms with Crippen LogP contribution in [0.5, 0.6) is 0 Å². The zero-order chi connectivity index (χ0) is 15.2. The number of aromatic nitrogens is 1. The van der Waals surface area contributed by atoms with Gasteiger partial charge in [0.25, 0.3) is 5.91 Å². The maximum atomic E-state index is 12.8. The van der Waals surface area contributed by atoms with Crippen LogP contribution in [-0.2, 0) is 4.74 Å². The van der Waals surface area contributed by atoms with Crippen molar-refractivity contribution in [2.75, 3.05) is 31.6 Å². The number of aryl methyl sites for hydroxylation is 1. The van der Waals surface area contributed by atoms with E-state index in [0.29, 0.717) is 25.3 Å². The van der Waals surface area contributed by atoms with Gasteiger partial charge in [-0.25, -0.2) is 4.98 Å². The van der Waals surface area contributed by atoms with Crippen LogP contribution in [0.4, 0.5) is 5.82 Å². The first-order valence-corrected chi connectivity index (χ1v) is 7.77. The molecule has 5 heteroatoms. The summed E-state index contributed by atoms with van der Waals surface area (Å²) in [5.41, 5.74) is 1.57. The third-order valence-corrected chi connectivity index (χ3v) is 3.72. The van der Waals surface area contributed by atoms with Gasteiger partial charge in [0.2, 0.25) is 0 Å². The summed E-state index contributed by atoms with van der Waals surface area (Å²) in [7, 11) is 0. The number of morpholine rings is 1. The van der Waals surface area contributed by atoms with Crippen LogP contribution in [0, 0.1) is 6.92 Å². The molecule has 0 spiro atoms. The van der Waals surface area contributed by atoms with Crippen LogP contribution in [0.25, 0.3) is 0 Å². The van der Waals surface area contributed by atoms with Crippen molar-refractivity contribution in [2.45, 2.75) is 39.7 Å². The molecule has 1 atom stereocenters. The molecule has 0 aromatic carbocycles. The van der Waals surface area contributed by atoms with Crippen LogP contribution in [0.1, 0.15) is 42.7 Å². The van der Waals surface area contributed by atoms with Gasteiger partial charge in [-0.15, -0.1) is 0 Å². The molecule has 1 aliphatic heterocycles. The molecular formula is C16H25N3O2. The lowest BCUT2D eigenvalue weighted by atomic mass is 10.1. The van der Waals surface area contributed by atoms with E-state index in [0.717, 1.165) is 30.9 Å². The van der Waals surface area contributed by atoms with E-state index in [1.54, 1.807) is 0 Å². The second kappa shape index (κ2) is 7.41. The lowest BCUT2D eigenvalue weighted by Gasteiger charge is -2.35. The highest BCUT2D eigenvalue weighted by Gasteiger charge is 2.27. The molecule has 5 nitrogen and oxygen atoms in total. The normalized spacial score (nSPS) is 18.6. The molecule has 1 amide bonds. The fraction of sp³-hybridized carbons (Fsp3) is 0.625. The van der Waals surface area contributed by atoms with Gasteiger partial charge >= 0.3 is 0 Å². The van der Waals surface area contributed by atoms with Crippen LogP contribution in [0.3, 0.4) is 0 Å². The Labute approximate surface area is 126 Å². The van der Waals surface area contributed by atoms with Crippen LogP contribution in [0.15, 0.2) is 12.1 Å². The third kappa shape index (κ3) is 3.94. The number of rotatable bonds is 5. The number of carbonyl (C=O) groups is 1. The van der Waals surface area contributed by atoms with Crippen molar-refractivity contribution in [3.05, 3.63) is 23.4 Å². The first-order chi connectivity index (χ1) is 10.2. The molecule has 1 N–H and O–H groups in total. The molecule has 1 aromatic rings. The highest BCUT2D eigenvalue weighted by Crippen LogP contribution is 2.17. The molecule has 0 aliphatic carbocycles. The number of anilines is 1. The number of carbonyl (C=O) groups excluding carboxylic acids is 1. The van der Waals surface area contributed by atoms with Crippen molar-refractivity contribution >= 4 is 11.7 Å². The van der Waals surface area contributed by atoms with Gasteiger partial charge in [0.05, 0.1) is 19.3 Å². The summed E-state index contributed by atoms with van der Waals surface area (Å²) < 4.78 is 5.47. The van der Waals surface area contributed by atoms with Crippen LogP contribution in [0.2, 0.25) is 0 Å². The van der Waals surface area contributed by atoms with Crippen LogP contribution >= 0.6 is 0 Å². The molecule has 1 aliphatic rings. The number of nitrogens with zero attached hydrogens (tertiary/aromatic N) is 2. The van der Waals surface area contributed by atoms with Crippen molar-refractivity contribution in [3.8, 4) is 0 Å². The van der Waals surface area contributed by atoms with E-state index in [2.05, 4.69) is 24.1 Å². The van der Waals surface area contributed by atoms with Crippen molar-refractivity contribution in [1.82, 2.24) is 9.88 Å². The summed E-state index contributed by atoms with van der Waals surface area (Å²) in [6.45, 7) is 8.89. The number of ether oxygens (including phenoxy) is 1. The Kier molecular flexibility index (Phi) is 5.56. The summed E-state index contributed by atoms with van der Waals surface area (Å²) in [6, 6.07) is 3.89. The zero-order valence-electron chi connectivity index (χ0n) is 13.2. The fourth-order valence-corrected chi connectivity index (χ4v) is 2.56. The Hall–Kier alpha value is -1.62. The molecule has 0 saturated carbocycles. The van der Waals surface area contributed by atoms with Gasteiger partial charge < -0.3 is 15.0 Å². The van der Waals surface area contributed by atoms with Crippen molar-refractivity contribution in [1.29, 1.82) is 0 Å². The smallest absolute Gasteiger partial charge is 0.254 e. The second-order valence-electron chi connectivity index (χ2n) is 5.44. The summed E-state index contributed by atoms with van der Waals surface area (Å²) in [5.74, 6) is 0.858. The van der Waals surface area contributed by atoms with E-state index in [1.807, 2.05) is 24.0 Å². The quantitative estimate of drug-likeness (QED) is 0.905. The highest BCUT2D eigenvalue weighted by atomic mass is 16.5. The molecule has 1 unspecified atom stereocenters. The molecular weight excluding hydrogens is 266 g/mol. The van der Waals surface area contributed by atoms with Gasteiger partial charge in [-0.2, -0.15) is 0 Å². The Morgan fingerprint density at radius 3 is 3.00 bits per heavy atom. The maximum Gasteiger partial charge on any atom is 0.254 e. The minimum absolute atomic E-state index is 0.0789. The molecule has 2 rings (SSSR count). The van der Waals surface area contributed by atoms with E-state index in [9.17, 15) is 4.79 Å². The topological polar surface area (TPSA) is 54.5 Å². The Bertz CT molecular complexity index is 490. The molecule has 2 heterocycles. The Morgan fingerprint density at radius 1 is 1.48 bits per heavy atom. The number of amides is 1. The van der Waals surface area contributed by atoms with E-state index in [-0.39, 0.29) is 11.9 Å². The first-order valence-electron chi connectivity index (χ1n) is 7.77. The van der Waals surface area contributed by atoms with Gasteiger partial charge in [-0.05, 0) is 31.9 Å². The predicted molar refractivity (Wildman–Crippen MR) is 83.7 cm³/mol. The minimum Gasteiger partial charge on any atom is -0.377 e. The molecule has 1 saturated heterocycles. The molecule has 21 heavy (non-hydrogen) atoms. The molecule has 116 valence electrons. The Morgan fingerprint density at radius 2 is 2.29 bits per heavy atom. The number of nitrogens with one attached hydrogen (secondary N) is 1. The van der Waals surface area contributed by atoms with Gasteiger partial charge in [-0.3, -0.25) is 4.79 Å². The SMILES string of the molecule is CCCNc1cc(C(=O)N2CCOCC2CC)cc(C)n1. The summed E-state index contributed by atoms with van der Waals surface area (Å²) in [4.78, 5) is 19.1. The zero-order valence-corrected chi connectivity index (χ0v) is 13.2. The molecule has 1 aromatic heterocycles. The number of hydrogen-bond acceptors (Lipinski definition) is 4. The minimum atomic E-state index is 0.0789. The maximum absolute atomic E-state index is 12.8. The first kappa shape index (κ1) is 15.8. The molecule has 0 bridgehead atoms. The highest BCUT2D eigenvalue weighted by molar-refractivity contribution is 5.95. The summed E-state index contributed by atoms with van der Waals surface area (Å²) in [5, 5.41) is 3.25. The van der Waals surface area contributed by atoms with Gasteiger partial charge in [0.1, 0.15) is 5.82 Å². The van der Waals surface area contributed by atoms with Gasteiger partial charge in [0, 0.05) is 24.3 Å². The van der Waals surface area contributed by atoms with Gasteiger partial charge in [0.15, 0.2) is 0 Å². The second-order valence-corrected chi connectivity index (χ2v) is 5.44. The number of hydrogen-bond donors (Lipinski definition) is 1. The average molecular weight is 291 g/mol.